The number of rotatable bonds is 32. The van der Waals surface area contributed by atoms with Crippen LogP contribution in [0, 0.1) is 5.66 Å². The maximum Gasteiger partial charge on any atom is 0.332 e. The molecule has 0 heterocycles. The number of hydrogen-bond acceptors (Lipinski definition) is 1. The number of hydrogen-bond donors (Lipinski definition) is 2. The van der Waals surface area contributed by atoms with E-state index in [1.54, 1.807) is 0 Å². The van der Waals surface area contributed by atoms with Crippen molar-refractivity contribution in [2.24, 2.45) is 0 Å². The zero-order chi connectivity index (χ0) is 29.4. The Balaban J connectivity index is 3.60. The molecule has 3 nitrogen and oxygen atoms in total. The van der Waals surface area contributed by atoms with E-state index in [1.165, 1.54) is 148 Å². The molecule has 0 rings (SSSR count). The zero-order valence-corrected chi connectivity index (χ0v) is 28.0. The van der Waals surface area contributed by atoms with Gasteiger partial charge in [0, 0.05) is 0 Å². The van der Waals surface area contributed by atoms with Gasteiger partial charge in [-0.1, -0.05) is 160 Å². The molecule has 0 aromatic rings. The third-order valence-electron chi connectivity index (χ3n) is 8.12. The van der Waals surface area contributed by atoms with Crippen molar-refractivity contribution in [3.05, 3.63) is 30.0 Å². The molecule has 0 aliphatic rings. The summed E-state index contributed by atoms with van der Waals surface area (Å²) in [4.78, 5) is 19.6. The highest BCUT2D eigenvalue weighted by Crippen LogP contribution is 2.52. The normalized spacial score (nSPS) is 12.5. The smallest absolute Gasteiger partial charge is 0.324 e. The van der Waals surface area contributed by atoms with Crippen molar-refractivity contribution in [1.29, 1.82) is 0 Å². The highest BCUT2D eigenvalue weighted by molar-refractivity contribution is 7.55. The van der Waals surface area contributed by atoms with E-state index in [9.17, 15) is 14.4 Å². The van der Waals surface area contributed by atoms with E-state index in [4.69, 9.17) is 0 Å². The Kier molecular flexibility index (Phi) is 31.3. The first kappa shape index (κ1) is 39.6. The highest BCUT2D eigenvalue weighted by atomic mass is 31.2. The lowest BCUT2D eigenvalue weighted by Gasteiger charge is -2.17. The fourth-order valence-corrected chi connectivity index (χ4v) is 6.29. The van der Waals surface area contributed by atoms with Crippen LogP contribution in [0.25, 0.3) is 0 Å². The Morgan fingerprint density at radius 1 is 0.425 bits per heavy atom. The average molecular weight is 582 g/mol. The summed E-state index contributed by atoms with van der Waals surface area (Å²) in [5.41, 5.74) is 0.501. The fraction of sp³-hybridized carbons (Fsp3) is 0.861. The molecular weight excluding hydrogens is 511 g/mol. The molecule has 0 bridgehead atoms. The van der Waals surface area contributed by atoms with Crippen molar-refractivity contribution in [2.75, 3.05) is 0 Å². The predicted molar refractivity (Wildman–Crippen MR) is 179 cm³/mol. The first-order valence-corrected chi connectivity index (χ1v) is 19.3. The molecule has 1 radical (unpaired) electrons. The zero-order valence-electron chi connectivity index (χ0n) is 27.1. The topological polar surface area (TPSA) is 57.5 Å². The van der Waals surface area contributed by atoms with Gasteiger partial charge >= 0.3 is 7.60 Å². The van der Waals surface area contributed by atoms with Crippen LogP contribution in [-0.2, 0) is 4.57 Å². The van der Waals surface area contributed by atoms with Crippen molar-refractivity contribution >= 4 is 7.60 Å². The molecule has 0 saturated heterocycles. The van der Waals surface area contributed by atoms with Gasteiger partial charge in [0.15, 0.2) is 0 Å². The Bertz CT molecular complexity index is 595. The van der Waals surface area contributed by atoms with Crippen LogP contribution in [0.4, 0.5) is 0 Å². The van der Waals surface area contributed by atoms with Crippen LogP contribution in [0.5, 0.6) is 0 Å². The van der Waals surface area contributed by atoms with Gasteiger partial charge in [-0.05, 0) is 64.2 Å². The summed E-state index contributed by atoms with van der Waals surface area (Å²) >= 11 is 0. The SMILES string of the molecule is CCCCCCCC/C=C\CCCCCCCC[C](CCCCCCC/C=C\CCCCCCCC)P(=O)(O)O. The Hall–Kier alpha value is -0.370. The van der Waals surface area contributed by atoms with Crippen LogP contribution in [0.15, 0.2) is 24.3 Å². The van der Waals surface area contributed by atoms with Gasteiger partial charge in [-0.2, -0.15) is 0 Å². The first-order chi connectivity index (χ1) is 19.5. The fourth-order valence-electron chi connectivity index (χ4n) is 5.39. The molecule has 0 fully saturated rings. The summed E-state index contributed by atoms with van der Waals surface area (Å²) in [6.45, 7) is 4.54. The summed E-state index contributed by atoms with van der Waals surface area (Å²) in [5, 5.41) is 0. The Labute approximate surface area is 251 Å². The van der Waals surface area contributed by atoms with Crippen LogP contribution >= 0.6 is 7.60 Å². The lowest BCUT2D eigenvalue weighted by atomic mass is 10.0. The molecule has 0 amide bonds. The van der Waals surface area contributed by atoms with Gasteiger partial charge in [-0.15, -0.1) is 0 Å². The third kappa shape index (κ3) is 30.6. The summed E-state index contributed by atoms with van der Waals surface area (Å²) < 4.78 is 11.9. The van der Waals surface area contributed by atoms with E-state index in [1.807, 2.05) is 0 Å². The minimum absolute atomic E-state index is 0.501. The number of unbranched alkanes of at least 4 members (excludes halogenated alkanes) is 23. The second-order valence-electron chi connectivity index (χ2n) is 12.1. The molecule has 0 unspecified atom stereocenters. The van der Waals surface area contributed by atoms with E-state index >= 15 is 0 Å². The second kappa shape index (κ2) is 31.6. The molecule has 0 aromatic heterocycles. The molecule has 40 heavy (non-hydrogen) atoms. The predicted octanol–water partition coefficient (Wildman–Crippen LogP) is 13.2. The summed E-state index contributed by atoms with van der Waals surface area (Å²) in [5.74, 6) is 0. The average Bonchev–Trinajstić information content (AvgIpc) is 2.93. The molecule has 0 aliphatic heterocycles. The molecule has 2 N–H and O–H groups in total. The Morgan fingerprint density at radius 3 is 0.950 bits per heavy atom. The summed E-state index contributed by atoms with van der Waals surface area (Å²) in [6.07, 6.45) is 44.5. The van der Waals surface area contributed by atoms with Crippen LogP contribution in [-0.4, -0.2) is 9.79 Å². The van der Waals surface area contributed by atoms with Gasteiger partial charge in [0.2, 0.25) is 0 Å². The summed E-state index contributed by atoms with van der Waals surface area (Å²) in [7, 11) is -4.05. The maximum absolute atomic E-state index is 11.9. The van der Waals surface area contributed by atoms with E-state index in [0.29, 0.717) is 18.5 Å². The maximum atomic E-state index is 11.9. The van der Waals surface area contributed by atoms with Gasteiger partial charge in [0.1, 0.15) is 0 Å². The molecular formula is C36H70O3P. The molecule has 0 aliphatic carbocycles. The minimum Gasteiger partial charge on any atom is -0.324 e. The molecule has 0 spiro atoms. The monoisotopic (exact) mass is 582 g/mol. The van der Waals surface area contributed by atoms with E-state index < -0.39 is 7.60 Å². The summed E-state index contributed by atoms with van der Waals surface area (Å²) in [6, 6.07) is 0. The van der Waals surface area contributed by atoms with Crippen LogP contribution < -0.4 is 0 Å². The van der Waals surface area contributed by atoms with E-state index in [-0.39, 0.29) is 0 Å². The van der Waals surface area contributed by atoms with Gasteiger partial charge in [-0.3, -0.25) is 4.57 Å². The Morgan fingerprint density at radius 2 is 0.675 bits per heavy atom. The van der Waals surface area contributed by atoms with Crippen molar-refractivity contribution in [2.45, 2.75) is 200 Å². The van der Waals surface area contributed by atoms with Crippen molar-refractivity contribution in [3.8, 4) is 0 Å². The van der Waals surface area contributed by atoms with Crippen molar-refractivity contribution in [3.63, 3.8) is 0 Å². The lowest BCUT2D eigenvalue weighted by molar-refractivity contribution is 0.365. The number of allylic oxidation sites excluding steroid dienone is 4. The van der Waals surface area contributed by atoms with Crippen LogP contribution in [0.1, 0.15) is 200 Å². The highest BCUT2D eigenvalue weighted by Gasteiger charge is 2.28. The second-order valence-corrected chi connectivity index (χ2v) is 13.9. The molecule has 0 atom stereocenters. The standard InChI is InChI=1S/C36H70O3P/c1-3-5-7-9-11-13-15-17-19-21-23-25-27-29-31-33-35-36(40(37,38)39)34-32-30-28-26-24-22-20-18-16-14-12-10-8-6-4-2/h17-20H,3-16,21-35H2,1-2H3,(H2,37,38,39)/b19-17-,20-18-. The van der Waals surface area contributed by atoms with E-state index in [0.717, 1.165) is 25.7 Å². The van der Waals surface area contributed by atoms with Crippen LogP contribution in [0.2, 0.25) is 0 Å². The van der Waals surface area contributed by atoms with Crippen LogP contribution in [0.3, 0.4) is 0 Å². The van der Waals surface area contributed by atoms with Gasteiger partial charge < -0.3 is 9.79 Å². The van der Waals surface area contributed by atoms with Crippen molar-refractivity contribution in [1.82, 2.24) is 0 Å². The third-order valence-corrected chi connectivity index (χ3v) is 9.39. The molecule has 237 valence electrons. The van der Waals surface area contributed by atoms with Crippen molar-refractivity contribution < 1.29 is 14.4 Å². The minimum atomic E-state index is -4.05. The molecule has 4 heteroatoms. The quantitative estimate of drug-likeness (QED) is 0.0472. The lowest BCUT2D eigenvalue weighted by Crippen LogP contribution is -2.00. The first-order valence-electron chi connectivity index (χ1n) is 17.7. The van der Waals surface area contributed by atoms with Gasteiger partial charge in [-0.25, -0.2) is 0 Å². The molecule has 0 aromatic carbocycles. The van der Waals surface area contributed by atoms with E-state index in [2.05, 4.69) is 38.2 Å². The van der Waals surface area contributed by atoms with Gasteiger partial charge in [0.05, 0.1) is 5.66 Å². The largest absolute Gasteiger partial charge is 0.332 e. The van der Waals surface area contributed by atoms with Gasteiger partial charge in [0.25, 0.3) is 0 Å². The molecule has 0 saturated carbocycles.